The van der Waals surface area contributed by atoms with E-state index in [1.54, 1.807) is 4.90 Å². The quantitative estimate of drug-likeness (QED) is 0.402. The summed E-state index contributed by atoms with van der Waals surface area (Å²) in [6.07, 6.45) is 5.19. The lowest BCUT2D eigenvalue weighted by molar-refractivity contribution is -0.170. The molecule has 2 aliphatic rings. The minimum absolute atomic E-state index is 0.000319. The zero-order chi connectivity index (χ0) is 25.4. The normalized spacial score (nSPS) is 19.9. The first-order valence-electron chi connectivity index (χ1n) is 11.2. The van der Waals surface area contributed by atoms with Crippen molar-refractivity contribution in [3.8, 4) is 23.8 Å². The van der Waals surface area contributed by atoms with Crippen LogP contribution in [0, 0.1) is 24.0 Å². The molecule has 0 amide bonds. The third kappa shape index (κ3) is 4.38. The summed E-state index contributed by atoms with van der Waals surface area (Å²) in [5.74, 6) is -2.53. The van der Waals surface area contributed by atoms with Crippen molar-refractivity contribution in [2.75, 3.05) is 38.7 Å². The van der Waals surface area contributed by atoms with E-state index in [0.717, 1.165) is 6.07 Å². The maximum atomic E-state index is 15.0. The second-order valence-electron chi connectivity index (χ2n) is 8.61. The number of terminal acetylenes is 1. The van der Waals surface area contributed by atoms with Gasteiger partial charge in [0.25, 0.3) is 5.92 Å². The Hall–Kier alpha value is -3.62. The van der Waals surface area contributed by atoms with Crippen molar-refractivity contribution in [1.82, 2.24) is 14.9 Å². The summed E-state index contributed by atoms with van der Waals surface area (Å²) < 4.78 is 74.8. The summed E-state index contributed by atoms with van der Waals surface area (Å²) in [4.78, 5) is 10.0. The summed E-state index contributed by atoms with van der Waals surface area (Å²) in [5.41, 5.74) is -0.240. The fourth-order valence-electron chi connectivity index (χ4n) is 4.31. The van der Waals surface area contributed by atoms with Crippen LogP contribution in [-0.2, 0) is 4.74 Å². The Morgan fingerprint density at radius 1 is 1.19 bits per heavy atom. The van der Waals surface area contributed by atoms with Gasteiger partial charge in [-0.25, -0.2) is 27.5 Å². The number of hydrogen-bond donors (Lipinski definition) is 1. The van der Waals surface area contributed by atoms with Gasteiger partial charge in [-0.3, -0.25) is 4.90 Å². The molecule has 36 heavy (non-hydrogen) atoms. The van der Waals surface area contributed by atoms with Crippen LogP contribution >= 0.6 is 0 Å². The molecule has 1 atom stereocenters. The van der Waals surface area contributed by atoms with Crippen molar-refractivity contribution in [2.45, 2.75) is 24.5 Å². The van der Waals surface area contributed by atoms with E-state index in [0.29, 0.717) is 30.7 Å². The summed E-state index contributed by atoms with van der Waals surface area (Å²) in [5, 5.41) is 3.13. The molecule has 1 aromatic heterocycles. The highest BCUT2D eigenvalue weighted by Crippen LogP contribution is 2.39. The molecule has 5 rings (SSSR count). The van der Waals surface area contributed by atoms with Crippen LogP contribution in [0.15, 0.2) is 30.6 Å². The number of alkyl halides is 2. The first-order valence-corrected chi connectivity index (χ1v) is 11.2. The van der Waals surface area contributed by atoms with E-state index in [1.165, 1.54) is 31.6 Å². The summed E-state index contributed by atoms with van der Waals surface area (Å²) >= 11 is 0. The molecular formula is C25H22F4N4O3. The number of fused-ring (bicyclic) bond motifs is 1. The lowest BCUT2D eigenvalue weighted by atomic mass is 10.0. The van der Waals surface area contributed by atoms with Crippen LogP contribution in [-0.4, -0.2) is 66.3 Å². The average molecular weight is 502 g/mol. The highest BCUT2D eigenvalue weighted by molar-refractivity contribution is 5.93. The summed E-state index contributed by atoms with van der Waals surface area (Å²) in [7, 11) is 1.39. The predicted molar refractivity (Wildman–Crippen MR) is 124 cm³/mol. The molecule has 7 nitrogen and oxygen atoms in total. The Balaban J connectivity index is 1.46. The van der Waals surface area contributed by atoms with E-state index < -0.39 is 35.8 Å². The van der Waals surface area contributed by atoms with E-state index in [2.05, 4.69) is 15.3 Å². The third-order valence-corrected chi connectivity index (χ3v) is 6.38. The van der Waals surface area contributed by atoms with Crippen molar-refractivity contribution in [3.05, 3.63) is 47.8 Å². The fourth-order valence-corrected chi connectivity index (χ4v) is 4.31. The topological polar surface area (TPSA) is 68.7 Å². The van der Waals surface area contributed by atoms with Gasteiger partial charge in [0, 0.05) is 24.4 Å². The SMILES string of the molecule is C#Cc1c(F)ccc(Nc2ncnc3cc(OC)c(O[C@H]4CCN(C5COC5)CC4(F)F)cc23)c1F. The van der Waals surface area contributed by atoms with Gasteiger partial charge in [0.2, 0.25) is 0 Å². The largest absolute Gasteiger partial charge is 0.493 e. The number of rotatable bonds is 6. The maximum absolute atomic E-state index is 15.0. The molecule has 0 unspecified atom stereocenters. The van der Waals surface area contributed by atoms with E-state index in [9.17, 15) is 8.78 Å². The second-order valence-corrected chi connectivity index (χ2v) is 8.61. The molecule has 11 heteroatoms. The van der Waals surface area contributed by atoms with Gasteiger partial charge in [0.1, 0.15) is 18.0 Å². The van der Waals surface area contributed by atoms with Crippen LogP contribution in [0.1, 0.15) is 12.0 Å². The Morgan fingerprint density at radius 2 is 2.00 bits per heavy atom. The van der Waals surface area contributed by atoms with Gasteiger partial charge in [0.15, 0.2) is 23.4 Å². The molecule has 3 heterocycles. The number of nitrogens with one attached hydrogen (secondary N) is 1. The molecule has 0 spiro atoms. The predicted octanol–water partition coefficient (Wildman–Crippen LogP) is 4.13. The van der Waals surface area contributed by atoms with Crippen LogP contribution in [0.5, 0.6) is 11.5 Å². The number of likely N-dealkylation sites (tertiary alicyclic amines) is 1. The molecule has 2 saturated heterocycles. The molecule has 3 aromatic rings. The molecule has 1 N–H and O–H groups in total. The number of halogens is 4. The lowest BCUT2D eigenvalue weighted by Gasteiger charge is -2.44. The summed E-state index contributed by atoms with van der Waals surface area (Å²) in [6.45, 7) is 0.918. The molecule has 188 valence electrons. The molecule has 0 bridgehead atoms. The van der Waals surface area contributed by atoms with Gasteiger partial charge in [-0.15, -0.1) is 6.42 Å². The van der Waals surface area contributed by atoms with Gasteiger partial charge in [0.05, 0.1) is 49.7 Å². The Morgan fingerprint density at radius 3 is 2.67 bits per heavy atom. The summed E-state index contributed by atoms with van der Waals surface area (Å²) in [6, 6.07) is 5.19. The van der Waals surface area contributed by atoms with Crippen LogP contribution in [0.25, 0.3) is 10.9 Å². The monoisotopic (exact) mass is 502 g/mol. The van der Waals surface area contributed by atoms with Crippen LogP contribution in [0.4, 0.5) is 29.1 Å². The Kier molecular flexibility index (Phi) is 6.32. The minimum atomic E-state index is -3.11. The number of aromatic nitrogens is 2. The number of anilines is 2. The smallest absolute Gasteiger partial charge is 0.296 e. The number of nitrogens with zero attached hydrogens (tertiary/aromatic N) is 3. The van der Waals surface area contributed by atoms with Gasteiger partial charge in [-0.2, -0.15) is 0 Å². The van der Waals surface area contributed by atoms with E-state index in [4.69, 9.17) is 20.6 Å². The first-order chi connectivity index (χ1) is 17.3. The average Bonchev–Trinajstić information content (AvgIpc) is 2.81. The molecule has 2 fully saturated rings. The second kappa shape index (κ2) is 9.44. The van der Waals surface area contributed by atoms with Gasteiger partial charge < -0.3 is 19.5 Å². The number of benzene rings is 2. The molecular weight excluding hydrogens is 480 g/mol. The van der Waals surface area contributed by atoms with E-state index >= 15 is 8.78 Å². The molecule has 2 aliphatic heterocycles. The van der Waals surface area contributed by atoms with E-state index in [1.807, 2.05) is 5.92 Å². The Labute approximate surface area is 204 Å². The fraction of sp³-hybridized carbons (Fsp3) is 0.360. The third-order valence-electron chi connectivity index (χ3n) is 6.38. The van der Waals surface area contributed by atoms with Crippen molar-refractivity contribution in [2.24, 2.45) is 0 Å². The van der Waals surface area contributed by atoms with Crippen molar-refractivity contribution >= 4 is 22.4 Å². The van der Waals surface area contributed by atoms with E-state index in [-0.39, 0.29) is 35.5 Å². The van der Waals surface area contributed by atoms with Gasteiger partial charge in [-0.05, 0) is 18.2 Å². The molecule has 0 aliphatic carbocycles. The molecule has 0 radical (unpaired) electrons. The highest BCUT2D eigenvalue weighted by atomic mass is 19.3. The number of piperidine rings is 1. The zero-order valence-electron chi connectivity index (χ0n) is 19.2. The van der Waals surface area contributed by atoms with Crippen molar-refractivity contribution < 1.29 is 31.8 Å². The number of ether oxygens (including phenoxy) is 3. The molecule has 0 saturated carbocycles. The zero-order valence-corrected chi connectivity index (χ0v) is 19.2. The van der Waals surface area contributed by atoms with Gasteiger partial charge >= 0.3 is 0 Å². The maximum Gasteiger partial charge on any atom is 0.296 e. The van der Waals surface area contributed by atoms with Crippen LogP contribution in [0.2, 0.25) is 0 Å². The minimum Gasteiger partial charge on any atom is -0.493 e. The standard InChI is InChI=1S/C25H22F4N4O3/c1-3-15-17(26)4-5-18(23(15)27)32-24-16-8-21(20(34-2)9-19(16)30-13-31-24)36-22-6-7-33(12-25(22,28)29)14-10-35-11-14/h1,4-5,8-9,13-14,22H,6-7,10-12H2,2H3,(H,30,31,32)/t22-/m0/s1. The lowest BCUT2D eigenvalue weighted by Crippen LogP contribution is -2.60. The van der Waals surface area contributed by atoms with Crippen LogP contribution < -0.4 is 14.8 Å². The van der Waals surface area contributed by atoms with Crippen molar-refractivity contribution in [1.29, 1.82) is 0 Å². The number of methoxy groups -OCH3 is 1. The first kappa shape index (κ1) is 24.1. The highest BCUT2D eigenvalue weighted by Gasteiger charge is 2.48. The Bertz CT molecular complexity index is 1340. The van der Waals surface area contributed by atoms with Crippen LogP contribution in [0.3, 0.4) is 0 Å². The van der Waals surface area contributed by atoms with Gasteiger partial charge in [-0.1, -0.05) is 5.92 Å². The number of hydrogen-bond acceptors (Lipinski definition) is 7. The van der Waals surface area contributed by atoms with Crippen molar-refractivity contribution in [3.63, 3.8) is 0 Å². The molecule has 2 aromatic carbocycles.